The van der Waals surface area contributed by atoms with E-state index in [1.807, 2.05) is 0 Å². The molecule has 0 aromatic heterocycles. The molecule has 0 aliphatic rings. The van der Waals surface area contributed by atoms with Gasteiger partial charge in [-0.05, 0) is 59.2 Å². The first-order valence-corrected chi connectivity index (χ1v) is 15.6. The average molecular weight is 655 g/mol. The minimum absolute atomic E-state index is 0.0796. The van der Waals surface area contributed by atoms with Crippen molar-refractivity contribution < 1.29 is 27.8 Å². The SMILES string of the molecule is COC(=O)c1ccc(CN)c(F)c1.COC(=O)c1ccc(CN=[N+]=[N-])c(F)c1.c1ccc(P(c2ccccc2)c2ccccc2)cc1. The van der Waals surface area contributed by atoms with Crippen molar-refractivity contribution in [1.29, 1.82) is 0 Å². The summed E-state index contributed by atoms with van der Waals surface area (Å²) in [5.41, 5.74) is 14.2. The Hall–Kier alpha value is -5.40. The third-order valence-electron chi connectivity index (χ3n) is 6.52. The molecule has 0 bridgehead atoms. The van der Waals surface area contributed by atoms with Crippen LogP contribution in [-0.2, 0) is 22.6 Å². The van der Waals surface area contributed by atoms with E-state index in [9.17, 15) is 18.4 Å². The van der Waals surface area contributed by atoms with E-state index in [1.165, 1.54) is 54.4 Å². The highest BCUT2D eigenvalue weighted by atomic mass is 31.1. The van der Waals surface area contributed by atoms with E-state index in [4.69, 9.17) is 11.3 Å². The summed E-state index contributed by atoms with van der Waals surface area (Å²) < 4.78 is 35.2. The Morgan fingerprint density at radius 2 is 1.06 bits per heavy atom. The molecule has 11 heteroatoms. The normalized spacial score (nSPS) is 9.91. The van der Waals surface area contributed by atoms with Gasteiger partial charge in [-0.25, -0.2) is 18.4 Å². The summed E-state index contributed by atoms with van der Waals surface area (Å²) in [4.78, 5) is 24.5. The molecule has 0 heterocycles. The molecule has 240 valence electrons. The van der Waals surface area contributed by atoms with Gasteiger partial charge >= 0.3 is 11.9 Å². The molecule has 47 heavy (non-hydrogen) atoms. The molecule has 5 rings (SSSR count). The molecule has 5 aromatic carbocycles. The first kappa shape index (κ1) is 36.1. The Morgan fingerprint density at radius 3 is 1.38 bits per heavy atom. The zero-order valence-electron chi connectivity index (χ0n) is 25.8. The summed E-state index contributed by atoms with van der Waals surface area (Å²) in [5.74, 6) is -2.23. The molecule has 0 atom stereocenters. The zero-order valence-corrected chi connectivity index (χ0v) is 26.7. The highest BCUT2D eigenvalue weighted by molar-refractivity contribution is 7.79. The molecule has 0 amide bonds. The lowest BCUT2D eigenvalue weighted by atomic mass is 10.1. The number of hydrogen-bond donors (Lipinski definition) is 1. The summed E-state index contributed by atoms with van der Waals surface area (Å²) in [5, 5.41) is 7.42. The second kappa shape index (κ2) is 19.2. The number of benzene rings is 5. The molecule has 0 saturated carbocycles. The number of carbonyl (C=O) groups excluding carboxylic acids is 2. The molecule has 0 radical (unpaired) electrons. The van der Waals surface area contributed by atoms with Gasteiger partial charge in [0.15, 0.2) is 0 Å². The zero-order chi connectivity index (χ0) is 34.0. The van der Waals surface area contributed by atoms with Gasteiger partial charge in [0.05, 0.1) is 31.9 Å². The van der Waals surface area contributed by atoms with Crippen LogP contribution < -0.4 is 21.6 Å². The van der Waals surface area contributed by atoms with E-state index in [0.717, 1.165) is 12.1 Å². The van der Waals surface area contributed by atoms with Crippen LogP contribution >= 0.6 is 7.92 Å². The van der Waals surface area contributed by atoms with Crippen molar-refractivity contribution in [3.63, 3.8) is 0 Å². The van der Waals surface area contributed by atoms with Gasteiger partial charge < -0.3 is 15.2 Å². The molecule has 0 saturated heterocycles. The molecule has 0 fully saturated rings. The van der Waals surface area contributed by atoms with Crippen molar-refractivity contribution in [1.82, 2.24) is 0 Å². The average Bonchev–Trinajstić information content (AvgIpc) is 3.12. The maximum Gasteiger partial charge on any atom is 0.337 e. The summed E-state index contributed by atoms with van der Waals surface area (Å²) in [6, 6.07) is 40.3. The van der Waals surface area contributed by atoms with Crippen molar-refractivity contribution in [3.05, 3.63) is 172 Å². The molecular weight excluding hydrogens is 621 g/mol. The topological polar surface area (TPSA) is 127 Å². The number of nitrogens with zero attached hydrogens (tertiary/aromatic N) is 3. The van der Waals surface area contributed by atoms with E-state index < -0.39 is 31.5 Å². The number of nitrogens with two attached hydrogens (primary N) is 1. The smallest absolute Gasteiger partial charge is 0.337 e. The number of methoxy groups -OCH3 is 2. The van der Waals surface area contributed by atoms with Gasteiger partial charge in [-0.1, -0.05) is 108 Å². The number of halogens is 2. The Morgan fingerprint density at radius 1 is 0.681 bits per heavy atom. The quantitative estimate of drug-likeness (QED) is 0.0638. The van der Waals surface area contributed by atoms with E-state index in [1.54, 1.807) is 0 Å². The molecule has 0 aliphatic carbocycles. The predicted octanol–water partition coefficient (Wildman–Crippen LogP) is 6.94. The van der Waals surface area contributed by atoms with E-state index in [-0.39, 0.29) is 29.8 Å². The maximum absolute atomic E-state index is 13.3. The van der Waals surface area contributed by atoms with Crippen LogP contribution in [0, 0.1) is 11.6 Å². The van der Waals surface area contributed by atoms with Crippen molar-refractivity contribution in [3.8, 4) is 0 Å². The van der Waals surface area contributed by atoms with E-state index >= 15 is 0 Å². The molecule has 0 aliphatic heterocycles. The van der Waals surface area contributed by atoms with Gasteiger partial charge in [0, 0.05) is 17.0 Å². The predicted molar refractivity (Wildman–Crippen MR) is 181 cm³/mol. The Balaban J connectivity index is 0.000000196. The van der Waals surface area contributed by atoms with E-state index in [0.29, 0.717) is 5.56 Å². The fourth-order valence-electron chi connectivity index (χ4n) is 4.16. The first-order valence-electron chi connectivity index (χ1n) is 14.2. The second-order valence-electron chi connectivity index (χ2n) is 9.53. The van der Waals surface area contributed by atoms with Crippen LogP contribution in [0.1, 0.15) is 31.8 Å². The molecule has 2 N–H and O–H groups in total. The fourth-order valence-corrected chi connectivity index (χ4v) is 6.47. The summed E-state index contributed by atoms with van der Waals surface area (Å²) in [6.45, 7) is 0.0388. The standard InChI is InChI=1S/C18H15P.C9H8FN3O2.C9H10FNO2/c1-4-10-16(11-5-1)19(17-12-6-2-7-13-17)18-14-8-3-9-15-18;1-15-9(14)6-2-3-7(5-12-13-11)8(10)4-6;1-13-9(12)6-2-3-7(5-11)8(10)4-6/h1-15H;2-4H,5H2,1H3;2-4H,5,11H2,1H3. The van der Waals surface area contributed by atoms with Crippen molar-refractivity contribution in [2.24, 2.45) is 10.8 Å². The second-order valence-corrected chi connectivity index (χ2v) is 11.8. The lowest BCUT2D eigenvalue weighted by Crippen LogP contribution is -2.20. The van der Waals surface area contributed by atoms with Gasteiger partial charge in [-0.2, -0.15) is 0 Å². The fraction of sp³-hybridized carbons (Fsp3) is 0.111. The Bertz CT molecular complexity index is 1700. The third-order valence-corrected chi connectivity index (χ3v) is 8.96. The van der Waals surface area contributed by atoms with Crippen LogP contribution in [0.4, 0.5) is 8.78 Å². The molecular formula is C36H33F2N4O4P. The molecule has 5 aromatic rings. The molecule has 0 spiro atoms. The molecule has 0 unspecified atom stereocenters. The van der Waals surface area contributed by atoms with Crippen LogP contribution in [0.25, 0.3) is 10.4 Å². The number of esters is 2. The number of azide groups is 1. The molecule has 8 nitrogen and oxygen atoms in total. The first-order chi connectivity index (χ1) is 22.8. The van der Waals surface area contributed by atoms with E-state index in [2.05, 4.69) is 110 Å². The minimum Gasteiger partial charge on any atom is -0.465 e. The van der Waals surface area contributed by atoms with Crippen LogP contribution in [-0.4, -0.2) is 26.2 Å². The Labute approximate surface area is 273 Å². The van der Waals surface area contributed by atoms with Crippen LogP contribution in [0.15, 0.2) is 133 Å². The lowest BCUT2D eigenvalue weighted by molar-refractivity contribution is 0.0591. The minimum atomic E-state index is -0.607. The van der Waals surface area contributed by atoms with Crippen molar-refractivity contribution in [2.45, 2.75) is 13.1 Å². The number of hydrogen-bond acceptors (Lipinski definition) is 6. The summed E-state index contributed by atoms with van der Waals surface area (Å²) in [6.07, 6.45) is 0. The lowest BCUT2D eigenvalue weighted by Gasteiger charge is -2.18. The monoisotopic (exact) mass is 654 g/mol. The van der Waals surface area contributed by atoms with Gasteiger partial charge in [-0.3, -0.25) is 0 Å². The number of ether oxygens (including phenoxy) is 2. The summed E-state index contributed by atoms with van der Waals surface area (Å²) in [7, 11) is 2.02. The summed E-state index contributed by atoms with van der Waals surface area (Å²) >= 11 is 0. The van der Waals surface area contributed by atoms with Gasteiger partial charge in [-0.15, -0.1) is 0 Å². The van der Waals surface area contributed by atoms with Crippen LogP contribution in [0.2, 0.25) is 0 Å². The van der Waals surface area contributed by atoms with Gasteiger partial charge in [0.25, 0.3) is 0 Å². The maximum atomic E-state index is 13.3. The van der Waals surface area contributed by atoms with Crippen LogP contribution in [0.5, 0.6) is 0 Å². The number of carbonyl (C=O) groups is 2. The highest BCUT2D eigenvalue weighted by Gasteiger charge is 2.15. The Kier molecular flexibility index (Phi) is 14.7. The van der Waals surface area contributed by atoms with Crippen molar-refractivity contribution >= 4 is 35.8 Å². The van der Waals surface area contributed by atoms with Gasteiger partial charge in [0.1, 0.15) is 11.6 Å². The highest BCUT2D eigenvalue weighted by Crippen LogP contribution is 2.32. The third kappa shape index (κ3) is 10.9. The van der Waals surface area contributed by atoms with Crippen molar-refractivity contribution in [2.75, 3.05) is 14.2 Å². The van der Waals surface area contributed by atoms with Gasteiger partial charge in [0.2, 0.25) is 0 Å². The largest absolute Gasteiger partial charge is 0.465 e. The van der Waals surface area contributed by atoms with Crippen LogP contribution in [0.3, 0.4) is 0 Å². The number of rotatable bonds is 8.